The van der Waals surface area contributed by atoms with Gasteiger partial charge in [0.05, 0.1) is 5.92 Å². The first kappa shape index (κ1) is 14.3. The Morgan fingerprint density at radius 1 is 0.950 bits per heavy atom. The molecule has 2 aromatic rings. The number of carbonyl (C=O) groups is 1. The molecule has 0 saturated carbocycles. The summed E-state index contributed by atoms with van der Waals surface area (Å²) in [6.07, 6.45) is 0.933. The lowest BCUT2D eigenvalue weighted by Gasteiger charge is -2.20. The third-order valence-electron chi connectivity index (χ3n) is 3.53. The molecule has 104 valence electrons. The van der Waals surface area contributed by atoms with Gasteiger partial charge in [-0.25, -0.2) is 0 Å². The van der Waals surface area contributed by atoms with Gasteiger partial charge in [-0.05, 0) is 24.5 Å². The van der Waals surface area contributed by atoms with Crippen molar-refractivity contribution in [3.05, 3.63) is 71.8 Å². The predicted molar refractivity (Wildman–Crippen MR) is 82.6 cm³/mol. The number of benzene rings is 2. The molecular formula is C18H21NO. The lowest BCUT2D eigenvalue weighted by molar-refractivity contribution is -0.122. The lowest BCUT2D eigenvalue weighted by atomic mass is 9.90. The van der Waals surface area contributed by atoms with Crippen molar-refractivity contribution < 1.29 is 4.79 Å². The van der Waals surface area contributed by atoms with Crippen molar-refractivity contribution >= 4 is 5.91 Å². The Hall–Kier alpha value is -2.09. The van der Waals surface area contributed by atoms with E-state index in [0.717, 1.165) is 17.5 Å². The van der Waals surface area contributed by atoms with Crippen molar-refractivity contribution in [2.45, 2.75) is 32.2 Å². The van der Waals surface area contributed by atoms with Crippen LogP contribution in [0.1, 0.15) is 37.3 Å². The summed E-state index contributed by atoms with van der Waals surface area (Å²) >= 11 is 0. The smallest absolute Gasteiger partial charge is 0.232 e. The van der Waals surface area contributed by atoms with Crippen LogP contribution in [0.25, 0.3) is 0 Å². The first-order valence-electron chi connectivity index (χ1n) is 7.12. The normalized spacial score (nSPS) is 12.2. The highest BCUT2D eigenvalue weighted by Gasteiger charge is 2.23. The fourth-order valence-electron chi connectivity index (χ4n) is 2.21. The van der Waals surface area contributed by atoms with E-state index < -0.39 is 0 Å². The van der Waals surface area contributed by atoms with Gasteiger partial charge in [0.2, 0.25) is 5.91 Å². The van der Waals surface area contributed by atoms with Crippen molar-refractivity contribution in [1.82, 2.24) is 5.32 Å². The number of hydrogen-bond acceptors (Lipinski definition) is 1. The first-order chi connectivity index (χ1) is 9.72. The van der Waals surface area contributed by atoms with Gasteiger partial charge in [-0.3, -0.25) is 4.79 Å². The van der Waals surface area contributed by atoms with Crippen LogP contribution >= 0.6 is 0 Å². The van der Waals surface area contributed by atoms with Crippen molar-refractivity contribution in [1.29, 1.82) is 0 Å². The molecule has 0 radical (unpaired) electrons. The molecule has 20 heavy (non-hydrogen) atoms. The van der Waals surface area contributed by atoms with Gasteiger partial charge >= 0.3 is 0 Å². The third-order valence-corrected chi connectivity index (χ3v) is 3.53. The minimum Gasteiger partial charge on any atom is -0.353 e. The van der Waals surface area contributed by atoms with Gasteiger partial charge < -0.3 is 5.32 Å². The van der Waals surface area contributed by atoms with Crippen LogP contribution in [0.3, 0.4) is 0 Å². The lowest BCUT2D eigenvalue weighted by Crippen LogP contribution is -2.36. The molecule has 0 heterocycles. The monoisotopic (exact) mass is 267 g/mol. The van der Waals surface area contributed by atoms with E-state index in [1.165, 1.54) is 0 Å². The molecular weight excluding hydrogens is 246 g/mol. The molecule has 0 fully saturated rings. The Morgan fingerprint density at radius 2 is 1.40 bits per heavy atom. The highest BCUT2D eigenvalue weighted by atomic mass is 16.1. The summed E-state index contributed by atoms with van der Waals surface area (Å²) in [6.45, 7) is 4.11. The van der Waals surface area contributed by atoms with Gasteiger partial charge in [-0.15, -0.1) is 0 Å². The van der Waals surface area contributed by atoms with E-state index >= 15 is 0 Å². The largest absolute Gasteiger partial charge is 0.353 e. The maximum Gasteiger partial charge on any atom is 0.232 e. The third kappa shape index (κ3) is 3.47. The summed E-state index contributed by atoms with van der Waals surface area (Å²) in [7, 11) is 0. The summed E-state index contributed by atoms with van der Waals surface area (Å²) in [5.74, 6) is -0.178. The SMILES string of the molecule is CCC(C)NC(=O)C(c1ccccc1)c1ccccc1. The van der Waals surface area contributed by atoms with Crippen LogP contribution in [0.15, 0.2) is 60.7 Å². The zero-order chi connectivity index (χ0) is 14.4. The molecule has 0 spiro atoms. The number of nitrogens with one attached hydrogen (secondary N) is 1. The number of amides is 1. The van der Waals surface area contributed by atoms with E-state index in [2.05, 4.69) is 12.2 Å². The fourth-order valence-corrected chi connectivity index (χ4v) is 2.21. The minimum absolute atomic E-state index is 0.0664. The Balaban J connectivity index is 2.33. The van der Waals surface area contributed by atoms with Crippen LogP contribution < -0.4 is 5.32 Å². The van der Waals surface area contributed by atoms with Gasteiger partial charge in [-0.2, -0.15) is 0 Å². The highest BCUT2D eigenvalue weighted by molar-refractivity contribution is 5.87. The molecule has 2 heteroatoms. The zero-order valence-corrected chi connectivity index (χ0v) is 12.0. The predicted octanol–water partition coefficient (Wildman–Crippen LogP) is 3.73. The summed E-state index contributed by atoms with van der Waals surface area (Å²) in [5.41, 5.74) is 2.05. The van der Waals surface area contributed by atoms with Crippen LogP contribution in [-0.4, -0.2) is 11.9 Å². The van der Waals surface area contributed by atoms with Crippen LogP contribution in [0.4, 0.5) is 0 Å². The molecule has 1 amide bonds. The number of hydrogen-bond donors (Lipinski definition) is 1. The molecule has 0 aliphatic heterocycles. The van der Waals surface area contributed by atoms with Gasteiger partial charge in [0, 0.05) is 6.04 Å². The first-order valence-corrected chi connectivity index (χ1v) is 7.12. The molecule has 2 aromatic carbocycles. The summed E-state index contributed by atoms with van der Waals surface area (Å²) in [5, 5.41) is 3.09. The van der Waals surface area contributed by atoms with E-state index in [-0.39, 0.29) is 17.9 Å². The van der Waals surface area contributed by atoms with Crippen molar-refractivity contribution in [3.8, 4) is 0 Å². The maximum atomic E-state index is 12.6. The molecule has 0 aliphatic carbocycles. The van der Waals surface area contributed by atoms with Gasteiger partial charge in [0.25, 0.3) is 0 Å². The summed E-state index contributed by atoms with van der Waals surface area (Å²) < 4.78 is 0. The van der Waals surface area contributed by atoms with Gasteiger partial charge in [0.15, 0.2) is 0 Å². The molecule has 0 saturated heterocycles. The molecule has 1 atom stereocenters. The Morgan fingerprint density at radius 3 is 1.80 bits per heavy atom. The molecule has 1 unspecified atom stereocenters. The fraction of sp³-hybridized carbons (Fsp3) is 0.278. The van der Waals surface area contributed by atoms with Crippen LogP contribution in [0.2, 0.25) is 0 Å². The van der Waals surface area contributed by atoms with E-state index in [1.54, 1.807) is 0 Å². The van der Waals surface area contributed by atoms with E-state index in [9.17, 15) is 4.79 Å². The second-order valence-electron chi connectivity index (χ2n) is 5.07. The molecule has 2 nitrogen and oxygen atoms in total. The quantitative estimate of drug-likeness (QED) is 0.878. The second kappa shape index (κ2) is 6.90. The summed E-state index contributed by atoms with van der Waals surface area (Å²) in [6, 6.07) is 20.1. The maximum absolute atomic E-state index is 12.6. The molecule has 0 aliphatic rings. The Labute approximate surface area is 120 Å². The Kier molecular flexibility index (Phi) is 4.94. The van der Waals surface area contributed by atoms with Crippen molar-refractivity contribution in [3.63, 3.8) is 0 Å². The number of rotatable bonds is 5. The van der Waals surface area contributed by atoms with E-state index in [1.807, 2.05) is 67.6 Å². The van der Waals surface area contributed by atoms with E-state index in [0.29, 0.717) is 0 Å². The van der Waals surface area contributed by atoms with Crippen molar-refractivity contribution in [2.75, 3.05) is 0 Å². The molecule has 0 bridgehead atoms. The average molecular weight is 267 g/mol. The topological polar surface area (TPSA) is 29.1 Å². The van der Waals surface area contributed by atoms with Gasteiger partial charge in [0.1, 0.15) is 0 Å². The van der Waals surface area contributed by atoms with Crippen LogP contribution in [0, 0.1) is 0 Å². The summed E-state index contributed by atoms with van der Waals surface area (Å²) in [4.78, 5) is 12.6. The van der Waals surface area contributed by atoms with Crippen LogP contribution in [0.5, 0.6) is 0 Å². The van der Waals surface area contributed by atoms with E-state index in [4.69, 9.17) is 0 Å². The zero-order valence-electron chi connectivity index (χ0n) is 12.0. The standard InChI is InChI=1S/C18H21NO/c1-3-14(2)19-18(20)17(15-10-6-4-7-11-15)16-12-8-5-9-13-16/h4-14,17H,3H2,1-2H3,(H,19,20). The average Bonchev–Trinajstić information content (AvgIpc) is 2.49. The van der Waals surface area contributed by atoms with Gasteiger partial charge in [-0.1, -0.05) is 67.6 Å². The van der Waals surface area contributed by atoms with Crippen LogP contribution in [-0.2, 0) is 4.79 Å². The Bertz CT molecular complexity index is 496. The number of carbonyl (C=O) groups excluding carboxylic acids is 1. The highest BCUT2D eigenvalue weighted by Crippen LogP contribution is 2.24. The molecule has 0 aromatic heterocycles. The minimum atomic E-state index is -0.244. The second-order valence-corrected chi connectivity index (χ2v) is 5.07. The molecule has 2 rings (SSSR count). The van der Waals surface area contributed by atoms with Crippen molar-refractivity contribution in [2.24, 2.45) is 0 Å². The molecule has 1 N–H and O–H groups in total.